The monoisotopic (exact) mass is 278 g/mol. The van der Waals surface area contributed by atoms with Crippen LogP contribution in [0.1, 0.15) is 13.9 Å². The lowest BCUT2D eigenvalue weighted by molar-refractivity contribution is 0.231. The molecule has 1 atom stereocenters. The quantitative estimate of drug-likeness (QED) is 0.737. The molecule has 1 unspecified atom stereocenters. The molecule has 4 heteroatoms. The smallest absolute Gasteiger partial charge is 0.161 e. The van der Waals surface area contributed by atoms with Gasteiger partial charge in [-0.3, -0.25) is 0 Å². The molecule has 0 aromatic heterocycles. The zero-order valence-corrected chi connectivity index (χ0v) is 10.8. The second-order valence-electron chi connectivity index (χ2n) is 4.28. The minimum Gasteiger partial charge on any atom is -0.243 e. The van der Waals surface area contributed by atoms with E-state index in [1.165, 1.54) is 0 Å². The lowest BCUT2D eigenvalue weighted by Crippen LogP contribution is -2.67. The molecule has 0 spiro atoms. The van der Waals surface area contributed by atoms with E-state index in [1.807, 2.05) is 12.1 Å². The molecular weight excluding hydrogens is 258 g/mol. The third-order valence-corrected chi connectivity index (χ3v) is 3.63. The fourth-order valence-electron chi connectivity index (χ4n) is 2.27. The van der Waals surface area contributed by atoms with E-state index >= 15 is 0 Å². The molecule has 0 amide bonds. The normalized spacial score (nSPS) is 31.6. The zero-order chi connectivity index (χ0) is 17.5. The van der Waals surface area contributed by atoms with Gasteiger partial charge in [-0.2, -0.15) is 5.53 Å². The molecule has 3 rings (SSSR count). The summed E-state index contributed by atoms with van der Waals surface area (Å²) >= 11 is 6.55. The van der Waals surface area contributed by atoms with Crippen molar-refractivity contribution in [2.75, 3.05) is 6.50 Å². The first-order valence-corrected chi connectivity index (χ1v) is 6.40. The Kier molecular flexibility index (Phi) is 2.24. The fraction of sp³-hybridized carbons (Fsp3) is 0.200. The van der Waals surface area contributed by atoms with Crippen molar-refractivity contribution in [2.24, 2.45) is 0 Å². The van der Waals surface area contributed by atoms with Crippen LogP contribution in [0.15, 0.2) is 60.7 Å². The largest absolute Gasteiger partial charge is 0.243 e. The van der Waals surface area contributed by atoms with Crippen LogP contribution in [0.5, 0.6) is 0 Å². The Bertz CT molecular complexity index is 663. The topological polar surface area (TPSA) is 36.1 Å². The van der Waals surface area contributed by atoms with Gasteiger partial charge in [0, 0.05) is 9.24 Å². The molecule has 3 N–H and O–H groups in total. The van der Waals surface area contributed by atoms with Crippen LogP contribution >= 0.6 is 11.6 Å². The van der Waals surface area contributed by atoms with Gasteiger partial charge in [0.05, 0.1) is 5.38 Å². The summed E-state index contributed by atoms with van der Waals surface area (Å²) < 4.78 is 40.7. The third-order valence-electron chi connectivity index (χ3n) is 3.21. The molecule has 2 aromatic rings. The third kappa shape index (κ3) is 2.15. The van der Waals surface area contributed by atoms with Crippen LogP contribution in [0.3, 0.4) is 0 Å². The molecule has 0 bridgehead atoms. The molecule has 19 heavy (non-hydrogen) atoms. The van der Waals surface area contributed by atoms with Gasteiger partial charge in [0.25, 0.3) is 0 Å². The highest BCUT2D eigenvalue weighted by Gasteiger charge is 2.43. The Morgan fingerprint density at radius 2 is 1.58 bits per heavy atom. The first-order valence-electron chi connectivity index (χ1n) is 8.31. The van der Waals surface area contributed by atoms with Gasteiger partial charge in [-0.1, -0.05) is 60.7 Å². The Labute approximate surface area is 125 Å². The molecule has 1 fully saturated rings. The van der Waals surface area contributed by atoms with Crippen LogP contribution in [0.25, 0.3) is 0 Å². The summed E-state index contributed by atoms with van der Waals surface area (Å²) in [6, 6.07) is 17.7. The minimum absolute atomic E-state index is 0.266. The highest BCUT2D eigenvalue weighted by atomic mass is 35.5. The molecule has 2 aromatic carbocycles. The van der Waals surface area contributed by atoms with Crippen molar-refractivity contribution in [3.63, 3.8) is 0 Å². The Morgan fingerprint density at radius 1 is 1.05 bits per heavy atom. The lowest BCUT2D eigenvalue weighted by atomic mass is 9.80. The van der Waals surface area contributed by atoms with Crippen molar-refractivity contribution < 1.29 is 6.98 Å². The maximum atomic E-state index is 8.45. The standard InChI is InChI=1S/C15H16ClN3/c16-14-11-17-19-18-15(14,12-7-3-1-4-8-12)13-9-5-2-6-10-13/h1-10,14,17-19H,11H2/i11D2/hD3. The van der Waals surface area contributed by atoms with Crippen molar-refractivity contribution in [2.45, 2.75) is 10.9 Å². The van der Waals surface area contributed by atoms with Crippen molar-refractivity contribution in [3.8, 4) is 0 Å². The highest BCUT2D eigenvalue weighted by Crippen LogP contribution is 2.36. The van der Waals surface area contributed by atoms with E-state index in [4.69, 9.17) is 18.6 Å². The molecule has 3 nitrogen and oxygen atoms in total. The van der Waals surface area contributed by atoms with Crippen molar-refractivity contribution in [3.05, 3.63) is 71.8 Å². The summed E-state index contributed by atoms with van der Waals surface area (Å²) in [7, 11) is 0. The van der Waals surface area contributed by atoms with E-state index in [9.17, 15) is 0 Å². The van der Waals surface area contributed by atoms with Gasteiger partial charge in [-0.05, 0) is 11.1 Å². The number of alkyl halides is 1. The van der Waals surface area contributed by atoms with Crippen LogP contribution in [-0.2, 0) is 5.54 Å². The number of halogens is 1. The first kappa shape index (κ1) is 8.02. The molecule has 1 aliphatic heterocycles. The Hall–Kier alpha value is -1.39. The Balaban J connectivity index is 2.32. The van der Waals surface area contributed by atoms with Crippen LogP contribution in [0, 0.1) is 0 Å². The van der Waals surface area contributed by atoms with E-state index in [1.54, 1.807) is 48.5 Å². The van der Waals surface area contributed by atoms with Gasteiger partial charge >= 0.3 is 0 Å². The van der Waals surface area contributed by atoms with E-state index in [0.717, 1.165) is 5.42 Å². The SMILES string of the molecule is [2H]N1N([2H])C([2H])([2H])C(Cl)C(c2ccccc2)(c2ccccc2)N1[2H]. The number of nitrogens with one attached hydrogen (secondary N) is 3. The van der Waals surface area contributed by atoms with Crippen LogP contribution in [0.2, 0.25) is 4.24 Å². The molecule has 0 aliphatic carbocycles. The van der Waals surface area contributed by atoms with Gasteiger partial charge in [-0.15, -0.1) is 11.6 Å². The molecular formula is C15H16ClN3. The first-order chi connectivity index (χ1) is 11.3. The maximum absolute atomic E-state index is 8.45. The lowest BCUT2D eigenvalue weighted by Gasteiger charge is -2.43. The van der Waals surface area contributed by atoms with Crippen LogP contribution in [0.4, 0.5) is 0 Å². The second-order valence-corrected chi connectivity index (χ2v) is 4.72. The molecule has 98 valence electrons. The van der Waals surface area contributed by atoms with Crippen LogP contribution < -0.4 is 16.4 Å². The molecule has 1 heterocycles. The average molecular weight is 279 g/mol. The van der Waals surface area contributed by atoms with Crippen molar-refractivity contribution >= 4 is 11.6 Å². The fourth-order valence-corrected chi connectivity index (χ4v) is 2.61. The van der Waals surface area contributed by atoms with Gasteiger partial charge < -0.3 is 0 Å². The summed E-state index contributed by atoms with van der Waals surface area (Å²) in [4.78, 5) is 0. The van der Waals surface area contributed by atoms with E-state index in [0.29, 0.717) is 16.7 Å². The second kappa shape index (κ2) is 5.31. The zero-order valence-electron chi connectivity index (χ0n) is 15.1. The number of rotatable bonds is 2. The van der Waals surface area contributed by atoms with Gasteiger partial charge in [0.1, 0.15) is 8.36 Å². The summed E-state index contributed by atoms with van der Waals surface area (Å²) in [6.45, 7) is -2.37. The predicted octanol–water partition coefficient (Wildman–Crippen LogP) is 2.15. The summed E-state index contributed by atoms with van der Waals surface area (Å²) in [5.41, 5.74) is 1.05. The van der Waals surface area contributed by atoms with Gasteiger partial charge in [0.15, 0.2) is 1.41 Å². The Morgan fingerprint density at radius 3 is 2.11 bits per heavy atom. The number of hydrazine groups is 2. The van der Waals surface area contributed by atoms with E-state index in [2.05, 4.69) is 0 Å². The highest BCUT2D eigenvalue weighted by molar-refractivity contribution is 6.22. The number of benzene rings is 2. The van der Waals surface area contributed by atoms with E-state index in [-0.39, 0.29) is 5.42 Å². The maximum Gasteiger partial charge on any atom is 0.161 e. The summed E-state index contributed by atoms with van der Waals surface area (Å²) in [5.74, 6) is 0. The van der Waals surface area contributed by atoms with E-state index < -0.39 is 17.4 Å². The van der Waals surface area contributed by atoms with Crippen molar-refractivity contribution in [1.29, 1.82) is 0 Å². The average Bonchev–Trinajstić information content (AvgIpc) is 2.61. The minimum atomic E-state index is -2.37. The molecule has 0 saturated carbocycles. The van der Waals surface area contributed by atoms with Crippen LogP contribution in [-0.4, -0.2) is 11.9 Å². The number of hydrogen-bond acceptors (Lipinski definition) is 3. The summed E-state index contributed by atoms with van der Waals surface area (Å²) in [5, 5.41) is -1.31. The van der Waals surface area contributed by atoms with Crippen molar-refractivity contribution in [1.82, 2.24) is 16.4 Å². The molecule has 1 aliphatic rings. The predicted molar refractivity (Wildman–Crippen MR) is 77.6 cm³/mol. The van der Waals surface area contributed by atoms with Gasteiger partial charge in [0.2, 0.25) is 0 Å². The van der Waals surface area contributed by atoms with Gasteiger partial charge in [-0.25, -0.2) is 10.8 Å². The summed E-state index contributed by atoms with van der Waals surface area (Å²) in [6.07, 6.45) is 0. The number of hydrogen-bond donors (Lipinski definition) is 3. The molecule has 0 radical (unpaired) electrons. The molecule has 1 saturated heterocycles.